The summed E-state index contributed by atoms with van der Waals surface area (Å²) in [6.07, 6.45) is 4.72. The van der Waals surface area contributed by atoms with Crippen molar-refractivity contribution in [2.75, 3.05) is 25.1 Å². The Hall–Kier alpha value is -1.31. The molecule has 5 heteroatoms. The van der Waals surface area contributed by atoms with Crippen molar-refractivity contribution in [3.63, 3.8) is 0 Å². The Kier molecular flexibility index (Phi) is 7.16. The largest absolute Gasteiger partial charge is 0.381 e. The molecule has 1 rings (SSSR count). The molecule has 0 fully saturated rings. The molecule has 0 aliphatic rings. The molecule has 0 spiro atoms. The van der Waals surface area contributed by atoms with Gasteiger partial charge in [-0.25, -0.2) is 4.98 Å². The third-order valence-electron chi connectivity index (χ3n) is 2.41. The van der Waals surface area contributed by atoms with Gasteiger partial charge in [0.1, 0.15) is 16.9 Å². The first-order valence-electron chi connectivity index (χ1n) is 6.15. The Morgan fingerprint density at radius 1 is 1.44 bits per heavy atom. The molecule has 0 aromatic carbocycles. The van der Waals surface area contributed by atoms with E-state index < -0.39 is 0 Å². The number of aromatic nitrogens is 1. The van der Waals surface area contributed by atoms with Crippen molar-refractivity contribution in [1.82, 2.24) is 4.98 Å². The summed E-state index contributed by atoms with van der Waals surface area (Å²) in [5, 5.41) is 12.3. The van der Waals surface area contributed by atoms with Crippen LogP contribution in [0.3, 0.4) is 0 Å². The maximum Gasteiger partial charge on any atom is 0.146 e. The summed E-state index contributed by atoms with van der Waals surface area (Å²) < 4.78 is 5.44. The maximum atomic E-state index is 8.82. The van der Waals surface area contributed by atoms with Gasteiger partial charge in [-0.3, -0.25) is 0 Å². The lowest BCUT2D eigenvalue weighted by atomic mass is 10.3. The van der Waals surface area contributed by atoms with Crippen molar-refractivity contribution >= 4 is 17.4 Å². The zero-order valence-electron chi connectivity index (χ0n) is 10.6. The highest BCUT2D eigenvalue weighted by molar-refractivity contribution is 6.34. The molecular formula is C13H18ClN3O. The first-order chi connectivity index (χ1) is 8.79. The number of rotatable bonds is 8. The number of anilines is 1. The highest BCUT2D eigenvalue weighted by atomic mass is 35.5. The Labute approximate surface area is 113 Å². The van der Waals surface area contributed by atoms with Gasteiger partial charge in [0.05, 0.1) is 5.56 Å². The molecule has 0 bridgehead atoms. The number of halogens is 1. The quantitative estimate of drug-likeness (QED) is 0.735. The smallest absolute Gasteiger partial charge is 0.146 e. The number of nitriles is 1. The summed E-state index contributed by atoms with van der Waals surface area (Å²) >= 11 is 6.01. The fraction of sp³-hybridized carbons (Fsp3) is 0.538. The maximum absolute atomic E-state index is 8.82. The number of hydrogen-bond acceptors (Lipinski definition) is 4. The van der Waals surface area contributed by atoms with E-state index >= 15 is 0 Å². The summed E-state index contributed by atoms with van der Waals surface area (Å²) in [6.45, 7) is 4.41. The Morgan fingerprint density at radius 2 is 2.22 bits per heavy atom. The van der Waals surface area contributed by atoms with Gasteiger partial charge < -0.3 is 10.1 Å². The molecule has 0 atom stereocenters. The molecule has 0 radical (unpaired) electrons. The lowest BCUT2D eigenvalue weighted by Crippen LogP contribution is -2.08. The number of ether oxygens (including phenoxy) is 1. The monoisotopic (exact) mass is 267 g/mol. The van der Waals surface area contributed by atoms with E-state index in [0.29, 0.717) is 16.4 Å². The van der Waals surface area contributed by atoms with Crippen LogP contribution < -0.4 is 5.32 Å². The van der Waals surface area contributed by atoms with Gasteiger partial charge >= 0.3 is 0 Å². The van der Waals surface area contributed by atoms with Crippen LogP contribution in [0.4, 0.5) is 5.82 Å². The van der Waals surface area contributed by atoms with Crippen LogP contribution >= 0.6 is 11.6 Å². The van der Waals surface area contributed by atoms with E-state index in [1.54, 1.807) is 12.3 Å². The van der Waals surface area contributed by atoms with Crippen LogP contribution in [0.2, 0.25) is 5.02 Å². The first-order valence-corrected chi connectivity index (χ1v) is 6.53. The van der Waals surface area contributed by atoms with Crippen molar-refractivity contribution in [1.29, 1.82) is 5.26 Å². The summed E-state index contributed by atoms with van der Waals surface area (Å²) in [7, 11) is 0. The second-order valence-electron chi connectivity index (χ2n) is 3.88. The van der Waals surface area contributed by atoms with E-state index in [9.17, 15) is 0 Å². The lowest BCUT2D eigenvalue weighted by Gasteiger charge is -2.08. The van der Waals surface area contributed by atoms with Gasteiger partial charge in [-0.2, -0.15) is 5.26 Å². The van der Waals surface area contributed by atoms with Crippen LogP contribution in [0.1, 0.15) is 31.7 Å². The molecule has 0 aliphatic carbocycles. The van der Waals surface area contributed by atoms with Gasteiger partial charge in [-0.15, -0.1) is 0 Å². The van der Waals surface area contributed by atoms with Crippen molar-refractivity contribution in [2.45, 2.75) is 26.2 Å². The van der Waals surface area contributed by atoms with Gasteiger partial charge in [0.15, 0.2) is 0 Å². The molecule has 4 nitrogen and oxygen atoms in total. The van der Waals surface area contributed by atoms with E-state index in [0.717, 1.165) is 39.0 Å². The first kappa shape index (κ1) is 14.7. The second-order valence-corrected chi connectivity index (χ2v) is 4.26. The predicted octanol–water partition coefficient (Wildman–Crippen LogP) is 3.23. The molecule has 0 saturated carbocycles. The molecule has 1 aromatic heterocycles. The minimum atomic E-state index is 0.381. The van der Waals surface area contributed by atoms with Crippen LogP contribution in [0, 0.1) is 11.3 Å². The van der Waals surface area contributed by atoms with Crippen molar-refractivity contribution in [3.8, 4) is 6.07 Å². The lowest BCUT2D eigenvalue weighted by molar-refractivity contribution is 0.131. The predicted molar refractivity (Wildman–Crippen MR) is 72.8 cm³/mol. The topological polar surface area (TPSA) is 57.9 Å². The van der Waals surface area contributed by atoms with Crippen LogP contribution in [-0.4, -0.2) is 24.7 Å². The summed E-state index contributed by atoms with van der Waals surface area (Å²) in [6, 6.07) is 3.62. The summed E-state index contributed by atoms with van der Waals surface area (Å²) in [5.74, 6) is 0.560. The number of hydrogen-bond donors (Lipinski definition) is 1. The van der Waals surface area contributed by atoms with Gasteiger partial charge in [0.2, 0.25) is 0 Å². The molecule has 0 aliphatic heterocycles. The molecule has 0 unspecified atom stereocenters. The minimum Gasteiger partial charge on any atom is -0.381 e. The molecule has 98 valence electrons. The molecule has 0 amide bonds. The van der Waals surface area contributed by atoms with E-state index in [2.05, 4.69) is 17.2 Å². The SMILES string of the molecule is CCCCOCCCNc1nccc(C#N)c1Cl. The average molecular weight is 268 g/mol. The number of nitrogens with one attached hydrogen (secondary N) is 1. The molecular weight excluding hydrogens is 250 g/mol. The van der Waals surface area contributed by atoms with Gasteiger partial charge in [0.25, 0.3) is 0 Å². The third kappa shape index (κ3) is 4.91. The second kappa shape index (κ2) is 8.73. The third-order valence-corrected chi connectivity index (χ3v) is 2.79. The number of unbranched alkanes of at least 4 members (excludes halogenated alkanes) is 1. The number of nitrogens with zero attached hydrogens (tertiary/aromatic N) is 2. The standard InChI is InChI=1S/C13H18ClN3O/c1-2-3-8-18-9-4-6-16-13-12(14)11(10-15)5-7-17-13/h5,7H,2-4,6,8-9H2,1H3,(H,16,17). The highest BCUT2D eigenvalue weighted by Crippen LogP contribution is 2.22. The molecule has 0 saturated heterocycles. The highest BCUT2D eigenvalue weighted by Gasteiger charge is 2.05. The van der Waals surface area contributed by atoms with Crippen molar-refractivity contribution in [2.24, 2.45) is 0 Å². The Morgan fingerprint density at radius 3 is 2.94 bits per heavy atom. The van der Waals surface area contributed by atoms with Crippen LogP contribution in [0.5, 0.6) is 0 Å². The van der Waals surface area contributed by atoms with Crippen LogP contribution in [0.25, 0.3) is 0 Å². The van der Waals surface area contributed by atoms with Crippen molar-refractivity contribution < 1.29 is 4.74 Å². The van der Waals surface area contributed by atoms with Gasteiger partial charge in [0, 0.05) is 26.0 Å². The number of pyridine rings is 1. The Balaban J connectivity index is 2.26. The molecule has 18 heavy (non-hydrogen) atoms. The molecule has 1 N–H and O–H groups in total. The summed E-state index contributed by atoms with van der Waals surface area (Å²) in [4.78, 5) is 4.10. The Bertz CT molecular complexity index is 404. The van der Waals surface area contributed by atoms with E-state index in [1.807, 2.05) is 6.07 Å². The molecule has 1 heterocycles. The zero-order chi connectivity index (χ0) is 13.2. The normalized spacial score (nSPS) is 10.1. The van der Waals surface area contributed by atoms with Gasteiger partial charge in [-0.05, 0) is 18.9 Å². The van der Waals surface area contributed by atoms with Crippen LogP contribution in [-0.2, 0) is 4.74 Å². The van der Waals surface area contributed by atoms with Gasteiger partial charge in [-0.1, -0.05) is 24.9 Å². The fourth-order valence-corrected chi connectivity index (χ4v) is 1.60. The van der Waals surface area contributed by atoms with Crippen LogP contribution in [0.15, 0.2) is 12.3 Å². The van der Waals surface area contributed by atoms with E-state index in [1.165, 1.54) is 0 Å². The van der Waals surface area contributed by atoms with E-state index in [-0.39, 0.29) is 0 Å². The zero-order valence-corrected chi connectivity index (χ0v) is 11.3. The van der Waals surface area contributed by atoms with Crippen molar-refractivity contribution in [3.05, 3.63) is 22.8 Å². The summed E-state index contributed by atoms with van der Waals surface area (Å²) in [5.41, 5.74) is 0.438. The minimum absolute atomic E-state index is 0.381. The fourth-order valence-electron chi connectivity index (χ4n) is 1.38. The van der Waals surface area contributed by atoms with E-state index in [4.69, 9.17) is 21.6 Å². The average Bonchev–Trinajstić information content (AvgIpc) is 2.39. The molecule has 1 aromatic rings.